The number of hydrogen-bond donors (Lipinski definition) is 1. The Labute approximate surface area is 145 Å². The molecule has 1 atom stereocenters. The molecule has 1 fully saturated rings. The van der Waals surface area contributed by atoms with E-state index in [4.69, 9.17) is 0 Å². The van der Waals surface area contributed by atoms with E-state index in [-0.39, 0.29) is 12.1 Å². The summed E-state index contributed by atoms with van der Waals surface area (Å²) >= 11 is 0. The summed E-state index contributed by atoms with van der Waals surface area (Å²) in [4.78, 5) is 19.8. The molecule has 6 nitrogen and oxygen atoms in total. The van der Waals surface area contributed by atoms with Crippen LogP contribution in [0.1, 0.15) is 5.56 Å². The first-order valence-corrected chi connectivity index (χ1v) is 8.55. The minimum Gasteiger partial charge on any atom is -0.390 e. The van der Waals surface area contributed by atoms with Crippen molar-refractivity contribution in [1.29, 1.82) is 0 Å². The molecule has 1 saturated heterocycles. The topological polar surface area (TPSA) is 50.3 Å². The molecule has 1 aromatic carbocycles. The maximum Gasteiger partial charge on any atom is 0.319 e. The van der Waals surface area contributed by atoms with Crippen LogP contribution in [0.2, 0.25) is 0 Å². The number of aliphatic hydroxyl groups is 1. The lowest BCUT2D eigenvalue weighted by atomic mass is 10.2. The Morgan fingerprint density at radius 2 is 1.75 bits per heavy atom. The van der Waals surface area contributed by atoms with Crippen molar-refractivity contribution < 1.29 is 9.90 Å². The molecule has 0 aliphatic carbocycles. The quantitative estimate of drug-likeness (QED) is 0.835. The average Bonchev–Trinajstić information content (AvgIpc) is 2.55. The fraction of sp³-hybridized carbons (Fsp3) is 0.611. The zero-order valence-corrected chi connectivity index (χ0v) is 15.1. The van der Waals surface area contributed by atoms with Gasteiger partial charge in [-0.15, -0.1) is 0 Å². The maximum atomic E-state index is 11.9. The van der Waals surface area contributed by atoms with Gasteiger partial charge in [-0.3, -0.25) is 9.80 Å². The highest BCUT2D eigenvalue weighted by atomic mass is 16.3. The first kappa shape index (κ1) is 18.7. The molecule has 134 valence electrons. The normalized spacial score (nSPS) is 17.1. The van der Waals surface area contributed by atoms with Crippen LogP contribution in [0.3, 0.4) is 0 Å². The zero-order chi connectivity index (χ0) is 17.5. The second-order valence-corrected chi connectivity index (χ2v) is 6.80. The molecule has 1 heterocycles. The molecular formula is C18H30N4O2. The summed E-state index contributed by atoms with van der Waals surface area (Å²) in [7, 11) is 5.59. The molecule has 1 N–H and O–H groups in total. The number of hydrogen-bond acceptors (Lipinski definition) is 4. The Balaban J connectivity index is 1.69. The highest BCUT2D eigenvalue weighted by molar-refractivity contribution is 5.73. The molecule has 1 unspecified atom stereocenters. The Morgan fingerprint density at radius 1 is 1.12 bits per heavy atom. The molecule has 1 aromatic rings. The van der Waals surface area contributed by atoms with Crippen molar-refractivity contribution in [2.45, 2.75) is 12.6 Å². The number of amides is 2. The molecule has 0 spiro atoms. The van der Waals surface area contributed by atoms with E-state index < -0.39 is 0 Å². The highest BCUT2D eigenvalue weighted by Crippen LogP contribution is 2.07. The van der Waals surface area contributed by atoms with Crippen LogP contribution in [-0.4, -0.2) is 97.3 Å². The maximum absolute atomic E-state index is 11.9. The van der Waals surface area contributed by atoms with Crippen LogP contribution in [-0.2, 0) is 6.54 Å². The van der Waals surface area contributed by atoms with Gasteiger partial charge in [-0.1, -0.05) is 30.3 Å². The average molecular weight is 334 g/mol. The lowest BCUT2D eigenvalue weighted by Gasteiger charge is -2.37. The van der Waals surface area contributed by atoms with E-state index in [9.17, 15) is 9.90 Å². The van der Waals surface area contributed by atoms with Crippen LogP contribution in [0, 0.1) is 0 Å². The summed E-state index contributed by atoms with van der Waals surface area (Å²) < 4.78 is 0. The summed E-state index contributed by atoms with van der Waals surface area (Å²) in [6, 6.07) is 10.4. The van der Waals surface area contributed by atoms with Gasteiger partial charge in [-0.05, 0) is 12.6 Å². The SMILES string of the molecule is CN(Cc1ccccc1)CC(O)CN1CCN(C(=O)N(C)C)CC1. The lowest BCUT2D eigenvalue weighted by molar-refractivity contribution is 0.0578. The third-order valence-corrected chi connectivity index (χ3v) is 4.31. The number of nitrogens with zero attached hydrogens (tertiary/aromatic N) is 4. The molecule has 0 radical (unpaired) electrons. The number of carbonyl (C=O) groups is 1. The van der Waals surface area contributed by atoms with Crippen LogP contribution >= 0.6 is 0 Å². The Bertz CT molecular complexity index is 501. The minimum atomic E-state index is -0.380. The molecule has 2 rings (SSSR count). The Kier molecular flexibility index (Phi) is 7.02. The van der Waals surface area contributed by atoms with Crippen LogP contribution in [0.15, 0.2) is 30.3 Å². The van der Waals surface area contributed by atoms with Crippen LogP contribution in [0.25, 0.3) is 0 Å². The predicted molar refractivity (Wildman–Crippen MR) is 95.9 cm³/mol. The molecule has 0 bridgehead atoms. The van der Waals surface area contributed by atoms with Gasteiger partial charge in [0.15, 0.2) is 0 Å². The van der Waals surface area contributed by atoms with Gasteiger partial charge in [-0.25, -0.2) is 4.79 Å². The van der Waals surface area contributed by atoms with Gasteiger partial charge in [-0.2, -0.15) is 0 Å². The Hall–Kier alpha value is -1.63. The van der Waals surface area contributed by atoms with Crippen molar-refractivity contribution in [1.82, 2.24) is 19.6 Å². The number of urea groups is 1. The Morgan fingerprint density at radius 3 is 2.33 bits per heavy atom. The molecule has 1 aliphatic heterocycles. The van der Waals surface area contributed by atoms with E-state index in [1.807, 2.05) is 30.1 Å². The smallest absolute Gasteiger partial charge is 0.319 e. The fourth-order valence-electron chi connectivity index (χ4n) is 3.08. The monoisotopic (exact) mass is 334 g/mol. The van der Waals surface area contributed by atoms with Crippen LogP contribution < -0.4 is 0 Å². The molecule has 1 aliphatic rings. The van der Waals surface area contributed by atoms with E-state index in [1.54, 1.807) is 19.0 Å². The van der Waals surface area contributed by atoms with Gasteiger partial charge in [0.05, 0.1) is 6.10 Å². The lowest BCUT2D eigenvalue weighted by Crippen LogP contribution is -2.53. The first-order valence-electron chi connectivity index (χ1n) is 8.55. The second kappa shape index (κ2) is 9.01. The number of piperazine rings is 1. The second-order valence-electron chi connectivity index (χ2n) is 6.80. The van der Waals surface area contributed by atoms with Gasteiger partial charge in [0.1, 0.15) is 0 Å². The van der Waals surface area contributed by atoms with Crippen molar-refractivity contribution in [2.75, 3.05) is 60.4 Å². The largest absolute Gasteiger partial charge is 0.390 e. The number of rotatable bonds is 6. The minimum absolute atomic E-state index is 0.0674. The summed E-state index contributed by atoms with van der Waals surface area (Å²) in [5.74, 6) is 0. The zero-order valence-electron chi connectivity index (χ0n) is 15.1. The van der Waals surface area contributed by atoms with Gasteiger partial charge in [0, 0.05) is 59.9 Å². The molecule has 2 amide bonds. The summed E-state index contributed by atoms with van der Waals surface area (Å²) in [6.07, 6.45) is -0.380. The third-order valence-electron chi connectivity index (χ3n) is 4.31. The van der Waals surface area contributed by atoms with E-state index in [0.717, 1.165) is 32.7 Å². The number of benzene rings is 1. The van der Waals surface area contributed by atoms with Crippen molar-refractivity contribution in [3.8, 4) is 0 Å². The van der Waals surface area contributed by atoms with E-state index in [2.05, 4.69) is 21.9 Å². The predicted octanol–water partition coefficient (Wildman–Crippen LogP) is 0.779. The van der Waals surface area contributed by atoms with Crippen molar-refractivity contribution in [3.05, 3.63) is 35.9 Å². The van der Waals surface area contributed by atoms with Crippen molar-refractivity contribution in [2.24, 2.45) is 0 Å². The van der Waals surface area contributed by atoms with Crippen LogP contribution in [0.4, 0.5) is 4.79 Å². The number of aliphatic hydroxyl groups excluding tert-OH is 1. The van der Waals surface area contributed by atoms with Crippen molar-refractivity contribution >= 4 is 6.03 Å². The van der Waals surface area contributed by atoms with Gasteiger partial charge in [0.2, 0.25) is 0 Å². The number of carbonyl (C=O) groups excluding carboxylic acids is 1. The first-order chi connectivity index (χ1) is 11.5. The summed E-state index contributed by atoms with van der Waals surface area (Å²) in [5, 5.41) is 10.3. The van der Waals surface area contributed by atoms with Crippen molar-refractivity contribution in [3.63, 3.8) is 0 Å². The van der Waals surface area contributed by atoms with Crippen LogP contribution in [0.5, 0.6) is 0 Å². The standard InChI is InChI=1S/C18H30N4O2/c1-19(2)18(24)22-11-9-21(10-12-22)15-17(23)14-20(3)13-16-7-5-4-6-8-16/h4-8,17,23H,9-15H2,1-3H3. The third kappa shape index (κ3) is 5.78. The number of β-amino-alcohol motifs (C(OH)–C–C–N with tert-alkyl or cyclic N) is 1. The summed E-state index contributed by atoms with van der Waals surface area (Å²) in [6.45, 7) is 5.23. The van der Waals surface area contributed by atoms with E-state index in [1.165, 1.54) is 5.56 Å². The molecular weight excluding hydrogens is 304 g/mol. The highest BCUT2D eigenvalue weighted by Gasteiger charge is 2.23. The molecule has 6 heteroatoms. The molecule has 0 aromatic heterocycles. The number of likely N-dealkylation sites (N-methyl/N-ethyl adjacent to an activating group) is 1. The molecule has 24 heavy (non-hydrogen) atoms. The van der Waals surface area contributed by atoms with E-state index in [0.29, 0.717) is 13.1 Å². The molecule has 0 saturated carbocycles. The van der Waals surface area contributed by atoms with E-state index >= 15 is 0 Å². The summed E-state index contributed by atoms with van der Waals surface area (Å²) in [5.41, 5.74) is 1.25. The van der Waals surface area contributed by atoms with Gasteiger partial charge in [0.25, 0.3) is 0 Å². The fourth-order valence-corrected chi connectivity index (χ4v) is 3.08. The van der Waals surface area contributed by atoms with Gasteiger partial charge >= 0.3 is 6.03 Å². The van der Waals surface area contributed by atoms with Gasteiger partial charge < -0.3 is 14.9 Å².